The highest BCUT2D eigenvalue weighted by molar-refractivity contribution is 14.1. The van der Waals surface area contributed by atoms with Crippen LogP contribution >= 0.6 is 77.0 Å². The molecule has 0 fully saturated rings. The first kappa shape index (κ1) is 42.8. The lowest BCUT2D eigenvalue weighted by atomic mass is 10.1. The lowest BCUT2D eigenvalue weighted by molar-refractivity contribution is -0.0522. The SMILES string of the molecule is CC(C)(O)CONC(=O)c1cc(Br)c(F)cc1Nc1ccc(I)cc1F.CC(CO)ONC(=O)c1cc(Br)c(F)cc1Nc1ccc(I)cc1F. The molecule has 2 amide bonds. The van der Waals surface area contributed by atoms with E-state index in [0.29, 0.717) is 7.14 Å². The van der Waals surface area contributed by atoms with E-state index in [-0.39, 0.29) is 56.0 Å². The third kappa shape index (κ3) is 13.4. The third-order valence-corrected chi connectivity index (χ3v) is 8.77. The summed E-state index contributed by atoms with van der Waals surface area (Å²) in [5.41, 5.74) is 3.61. The number of amides is 2. The molecule has 0 saturated heterocycles. The Morgan fingerprint density at radius 1 is 0.745 bits per heavy atom. The molecule has 0 heterocycles. The first-order chi connectivity index (χ1) is 23.9. The highest BCUT2D eigenvalue weighted by Gasteiger charge is 2.20. The summed E-state index contributed by atoms with van der Waals surface area (Å²) in [4.78, 5) is 34.6. The van der Waals surface area contributed by atoms with E-state index in [9.17, 15) is 32.3 Å². The summed E-state index contributed by atoms with van der Waals surface area (Å²) < 4.78 is 57.4. The van der Waals surface area contributed by atoms with Crippen LogP contribution in [0.4, 0.5) is 40.3 Å². The Morgan fingerprint density at radius 3 is 1.57 bits per heavy atom. The first-order valence-electron chi connectivity index (χ1n) is 14.5. The van der Waals surface area contributed by atoms with Crippen LogP contribution in [-0.4, -0.2) is 46.9 Å². The average Bonchev–Trinajstić information content (AvgIpc) is 3.05. The summed E-state index contributed by atoms with van der Waals surface area (Å²) in [7, 11) is 0. The molecule has 4 rings (SSSR count). The lowest BCUT2D eigenvalue weighted by Crippen LogP contribution is -2.33. The smallest absolute Gasteiger partial charge is 0.277 e. The summed E-state index contributed by atoms with van der Waals surface area (Å²) in [5, 5.41) is 23.9. The van der Waals surface area contributed by atoms with E-state index in [1.807, 2.05) is 45.2 Å². The van der Waals surface area contributed by atoms with Gasteiger partial charge in [-0.1, -0.05) is 0 Å². The van der Waals surface area contributed by atoms with Crippen LogP contribution in [0.2, 0.25) is 0 Å². The van der Waals surface area contributed by atoms with Gasteiger partial charge in [-0.2, -0.15) is 0 Å². The van der Waals surface area contributed by atoms with Gasteiger partial charge < -0.3 is 20.8 Å². The fraction of sp³-hybridized carbons (Fsp3) is 0.212. The quantitative estimate of drug-likeness (QED) is 0.0471. The number of carbonyl (C=O) groups excluding carboxylic acids is 2. The molecule has 0 radical (unpaired) electrons. The lowest BCUT2D eigenvalue weighted by Gasteiger charge is -2.18. The highest BCUT2D eigenvalue weighted by Crippen LogP contribution is 2.30. The van der Waals surface area contributed by atoms with Gasteiger partial charge in [0, 0.05) is 7.14 Å². The number of hydrogen-bond donors (Lipinski definition) is 6. The van der Waals surface area contributed by atoms with Gasteiger partial charge in [-0.25, -0.2) is 28.5 Å². The maximum atomic E-state index is 14.1. The van der Waals surface area contributed by atoms with Crippen molar-refractivity contribution in [2.75, 3.05) is 23.8 Å². The molecule has 0 aliphatic heterocycles. The van der Waals surface area contributed by atoms with Gasteiger partial charge in [-0.3, -0.25) is 19.3 Å². The molecule has 0 spiro atoms. The second-order valence-corrected chi connectivity index (χ2v) is 15.4. The van der Waals surface area contributed by atoms with Gasteiger partial charge in [-0.15, -0.1) is 0 Å². The van der Waals surface area contributed by atoms with Crippen molar-refractivity contribution < 1.29 is 47.0 Å². The molecule has 274 valence electrons. The van der Waals surface area contributed by atoms with Gasteiger partial charge >= 0.3 is 0 Å². The normalized spacial score (nSPS) is 11.6. The van der Waals surface area contributed by atoms with E-state index in [0.717, 1.165) is 12.1 Å². The largest absolute Gasteiger partial charge is 0.394 e. The zero-order chi connectivity index (χ0) is 38.0. The molecule has 0 aliphatic rings. The summed E-state index contributed by atoms with van der Waals surface area (Å²) in [6.45, 7) is 4.16. The number of hydrogen-bond acceptors (Lipinski definition) is 8. The second kappa shape index (κ2) is 19.5. The Kier molecular flexibility index (Phi) is 16.3. The Hall–Kier alpha value is -2.60. The molecule has 0 bridgehead atoms. The summed E-state index contributed by atoms with van der Waals surface area (Å²) in [5.74, 6) is -3.66. The van der Waals surface area contributed by atoms with Crippen LogP contribution in [0.3, 0.4) is 0 Å². The molecule has 51 heavy (non-hydrogen) atoms. The van der Waals surface area contributed by atoms with Crippen molar-refractivity contribution in [3.8, 4) is 0 Å². The van der Waals surface area contributed by atoms with Crippen molar-refractivity contribution in [2.45, 2.75) is 32.5 Å². The maximum Gasteiger partial charge on any atom is 0.277 e. The standard InChI is InChI=1S/C17H16BrF2IN2O3.C16H14BrF2IN2O3/c1-17(2,25)8-26-23-16(24)10-6-11(18)12(19)7-15(10)22-14-4-3-9(21)5-13(14)20;1-8(7-23)25-22-16(24)10-5-11(17)12(18)6-15(10)21-14-3-2-9(20)4-13(14)19/h3-7,22,25H,8H2,1-2H3,(H,23,24);2-6,8,21,23H,7H2,1H3,(H,22,24). The molecule has 4 aromatic rings. The fourth-order valence-corrected chi connectivity index (χ4v) is 5.32. The minimum absolute atomic E-state index is 0.0342. The van der Waals surface area contributed by atoms with E-state index in [1.54, 1.807) is 19.1 Å². The second-order valence-electron chi connectivity index (χ2n) is 11.2. The van der Waals surface area contributed by atoms with Gasteiger partial charge in [0.05, 0.1) is 55.0 Å². The predicted octanol–water partition coefficient (Wildman–Crippen LogP) is 8.63. The molecule has 4 aromatic carbocycles. The van der Waals surface area contributed by atoms with Crippen LogP contribution < -0.4 is 21.6 Å². The monoisotopic (exact) mass is 1070 g/mol. The summed E-state index contributed by atoms with van der Waals surface area (Å²) in [6, 6.07) is 13.6. The molecule has 0 saturated carbocycles. The minimum Gasteiger partial charge on any atom is -0.394 e. The van der Waals surface area contributed by atoms with Crippen molar-refractivity contribution in [1.29, 1.82) is 0 Å². The molecular weight excluding hydrogens is 1040 g/mol. The van der Waals surface area contributed by atoms with Crippen LogP contribution in [0.5, 0.6) is 0 Å². The predicted molar refractivity (Wildman–Crippen MR) is 208 cm³/mol. The number of benzene rings is 4. The molecule has 1 atom stereocenters. The Bertz CT molecular complexity index is 1890. The number of aliphatic hydroxyl groups excluding tert-OH is 1. The Labute approximate surface area is 334 Å². The van der Waals surface area contributed by atoms with Gasteiger partial charge in [0.15, 0.2) is 0 Å². The van der Waals surface area contributed by atoms with Crippen LogP contribution in [0.25, 0.3) is 0 Å². The van der Waals surface area contributed by atoms with E-state index in [2.05, 4.69) is 53.5 Å². The van der Waals surface area contributed by atoms with Crippen LogP contribution in [-0.2, 0) is 9.68 Å². The van der Waals surface area contributed by atoms with Crippen molar-refractivity contribution >= 4 is 112 Å². The molecule has 1 unspecified atom stereocenters. The zero-order valence-electron chi connectivity index (χ0n) is 26.8. The highest BCUT2D eigenvalue weighted by atomic mass is 127. The van der Waals surface area contributed by atoms with E-state index < -0.39 is 46.8 Å². The number of anilines is 4. The molecule has 10 nitrogen and oxygen atoms in total. The maximum absolute atomic E-state index is 14.1. The summed E-state index contributed by atoms with van der Waals surface area (Å²) >= 11 is 9.96. The number of rotatable bonds is 12. The van der Waals surface area contributed by atoms with Crippen molar-refractivity contribution in [2.24, 2.45) is 0 Å². The van der Waals surface area contributed by atoms with Gasteiger partial charge in [0.25, 0.3) is 11.8 Å². The van der Waals surface area contributed by atoms with Crippen LogP contribution in [0, 0.1) is 30.4 Å². The van der Waals surface area contributed by atoms with E-state index >= 15 is 0 Å². The fourth-order valence-electron chi connectivity index (χ4n) is 3.73. The van der Waals surface area contributed by atoms with Crippen LogP contribution in [0.1, 0.15) is 41.5 Å². The molecule has 0 aliphatic carbocycles. The van der Waals surface area contributed by atoms with Crippen LogP contribution in [0.15, 0.2) is 69.6 Å². The summed E-state index contributed by atoms with van der Waals surface area (Å²) in [6.07, 6.45) is -0.613. The number of hydroxylamine groups is 2. The molecular formula is C33H30Br2F4I2N4O6. The molecule has 18 heteroatoms. The number of nitrogens with one attached hydrogen (secondary N) is 4. The first-order valence-corrected chi connectivity index (χ1v) is 18.3. The van der Waals surface area contributed by atoms with Crippen molar-refractivity contribution in [3.05, 3.63) is 111 Å². The number of carbonyl (C=O) groups is 2. The molecule has 0 aromatic heterocycles. The number of aliphatic hydroxyl groups is 2. The Morgan fingerprint density at radius 2 is 1.18 bits per heavy atom. The minimum atomic E-state index is -1.14. The van der Waals surface area contributed by atoms with E-state index in [1.165, 1.54) is 50.2 Å². The van der Waals surface area contributed by atoms with Crippen molar-refractivity contribution in [3.63, 3.8) is 0 Å². The van der Waals surface area contributed by atoms with Gasteiger partial charge in [0.1, 0.15) is 36.0 Å². The van der Waals surface area contributed by atoms with Crippen molar-refractivity contribution in [1.82, 2.24) is 11.0 Å². The number of halogens is 8. The van der Waals surface area contributed by atoms with E-state index in [4.69, 9.17) is 14.8 Å². The molecule has 6 N–H and O–H groups in total. The van der Waals surface area contributed by atoms with Gasteiger partial charge in [0.2, 0.25) is 0 Å². The van der Waals surface area contributed by atoms with Gasteiger partial charge in [-0.05, 0) is 158 Å². The average molecular weight is 1070 g/mol. The topological polar surface area (TPSA) is 141 Å². The Balaban J connectivity index is 0.000000276. The zero-order valence-corrected chi connectivity index (χ0v) is 34.3. The third-order valence-electron chi connectivity index (χ3n) is 6.21.